The third-order valence-electron chi connectivity index (χ3n) is 3.40. The molecule has 6 nitrogen and oxygen atoms in total. The fourth-order valence-electron chi connectivity index (χ4n) is 2.53. The molecule has 0 aliphatic carbocycles. The number of hydrogen-bond acceptors (Lipinski definition) is 5. The van der Waals surface area contributed by atoms with Gasteiger partial charge in [0.25, 0.3) is 0 Å². The van der Waals surface area contributed by atoms with Crippen molar-refractivity contribution in [2.24, 2.45) is 10.7 Å². The molecule has 0 saturated carbocycles. The number of fused-ring (bicyclic) bond motifs is 1. The number of anilines is 1. The largest absolute Gasteiger partial charge is 0.450 e. The van der Waals surface area contributed by atoms with E-state index in [2.05, 4.69) is 10.3 Å². The van der Waals surface area contributed by atoms with E-state index < -0.39 is 11.5 Å². The first-order chi connectivity index (χ1) is 9.54. The molecule has 2 aliphatic heterocycles. The molecule has 1 amide bonds. The van der Waals surface area contributed by atoms with Crippen LogP contribution in [0.25, 0.3) is 0 Å². The highest BCUT2D eigenvalue weighted by atomic mass is 19.1. The van der Waals surface area contributed by atoms with E-state index in [-0.39, 0.29) is 17.5 Å². The Bertz CT molecular complexity index is 596. The van der Waals surface area contributed by atoms with Crippen molar-refractivity contribution in [2.75, 3.05) is 25.0 Å². The van der Waals surface area contributed by atoms with E-state index in [1.807, 2.05) is 0 Å². The normalized spacial score (nSPS) is 18.7. The first-order valence-electron chi connectivity index (χ1n) is 6.39. The van der Waals surface area contributed by atoms with E-state index in [1.165, 1.54) is 11.0 Å². The zero-order chi connectivity index (χ0) is 14.3. The van der Waals surface area contributed by atoms with Crippen LogP contribution in [0, 0.1) is 5.82 Å². The van der Waals surface area contributed by atoms with Gasteiger partial charge in [-0.3, -0.25) is 4.90 Å². The van der Waals surface area contributed by atoms with Crippen molar-refractivity contribution in [1.29, 1.82) is 0 Å². The van der Waals surface area contributed by atoms with Crippen LogP contribution in [-0.2, 0) is 4.74 Å². The van der Waals surface area contributed by atoms with E-state index in [9.17, 15) is 9.18 Å². The van der Waals surface area contributed by atoms with Crippen LogP contribution in [0.3, 0.4) is 0 Å². The third kappa shape index (κ3) is 1.86. The van der Waals surface area contributed by atoms with E-state index in [4.69, 9.17) is 10.5 Å². The molecule has 3 N–H and O–H groups in total. The Morgan fingerprint density at radius 2 is 2.35 bits per heavy atom. The Balaban J connectivity index is 1.81. The number of carbonyl (C=O) groups excluding carboxylic acids is 1. The Hall–Kier alpha value is -2.31. The molecule has 20 heavy (non-hydrogen) atoms. The lowest BCUT2D eigenvalue weighted by molar-refractivity contribution is 0.0528. The summed E-state index contributed by atoms with van der Waals surface area (Å²) in [6.45, 7) is 2.78. The molecule has 0 atom stereocenters. The second-order valence-electron chi connectivity index (χ2n) is 4.87. The van der Waals surface area contributed by atoms with Gasteiger partial charge in [-0.15, -0.1) is 0 Å². The molecule has 1 spiro atoms. The molecule has 0 radical (unpaired) electrons. The molecule has 1 aromatic carbocycles. The van der Waals surface area contributed by atoms with Crippen LogP contribution in [0.4, 0.5) is 14.9 Å². The van der Waals surface area contributed by atoms with Gasteiger partial charge in [0, 0.05) is 5.69 Å². The van der Waals surface area contributed by atoms with Gasteiger partial charge in [-0.05, 0) is 19.1 Å². The maximum absolute atomic E-state index is 13.7. The standard InChI is InChI=1S/C13H15FN4O2/c1-2-20-12(19)18-6-13(7-18)16-9-5-3-4-8(14)10(9)11(15)17-13/h3-5,16H,2,6-7H2,1H3,(H2,15,17). The van der Waals surface area contributed by atoms with E-state index >= 15 is 0 Å². The van der Waals surface area contributed by atoms with Crippen LogP contribution in [0.2, 0.25) is 0 Å². The lowest BCUT2D eigenvalue weighted by Gasteiger charge is -2.49. The Kier molecular flexibility index (Phi) is 2.77. The molecule has 7 heteroatoms. The first-order valence-corrected chi connectivity index (χ1v) is 6.39. The van der Waals surface area contributed by atoms with Gasteiger partial charge in [-0.1, -0.05) is 6.07 Å². The van der Waals surface area contributed by atoms with Gasteiger partial charge in [-0.25, -0.2) is 14.2 Å². The Morgan fingerprint density at radius 1 is 1.60 bits per heavy atom. The summed E-state index contributed by atoms with van der Waals surface area (Å²) in [7, 11) is 0. The number of nitrogens with zero attached hydrogens (tertiary/aromatic N) is 2. The highest BCUT2D eigenvalue weighted by Crippen LogP contribution is 2.34. The van der Waals surface area contributed by atoms with Gasteiger partial charge in [-0.2, -0.15) is 0 Å². The Morgan fingerprint density at radius 3 is 3.05 bits per heavy atom. The number of nitrogens with one attached hydrogen (secondary N) is 1. The smallest absolute Gasteiger partial charge is 0.410 e. The number of benzene rings is 1. The molecule has 0 aromatic heterocycles. The van der Waals surface area contributed by atoms with E-state index in [0.717, 1.165) is 0 Å². The van der Waals surface area contributed by atoms with Crippen molar-refractivity contribution in [3.63, 3.8) is 0 Å². The maximum atomic E-state index is 13.7. The van der Waals surface area contributed by atoms with Crippen molar-refractivity contribution in [2.45, 2.75) is 12.6 Å². The van der Waals surface area contributed by atoms with Gasteiger partial charge in [0.1, 0.15) is 11.7 Å². The van der Waals surface area contributed by atoms with Crippen molar-refractivity contribution in [1.82, 2.24) is 4.90 Å². The number of ether oxygens (including phenoxy) is 1. The average Bonchev–Trinajstić information content (AvgIpc) is 2.35. The average molecular weight is 278 g/mol. The van der Waals surface area contributed by atoms with Crippen molar-refractivity contribution >= 4 is 17.6 Å². The minimum Gasteiger partial charge on any atom is -0.450 e. The number of nitrogens with two attached hydrogens (primary N) is 1. The molecule has 1 aromatic rings. The molecule has 3 rings (SSSR count). The van der Waals surface area contributed by atoms with Gasteiger partial charge < -0.3 is 15.8 Å². The Labute approximate surface area is 115 Å². The molecule has 1 fully saturated rings. The topological polar surface area (TPSA) is 80.0 Å². The summed E-state index contributed by atoms with van der Waals surface area (Å²) in [6, 6.07) is 4.69. The number of halogens is 1. The summed E-state index contributed by atoms with van der Waals surface area (Å²) in [5.74, 6) is -0.256. The van der Waals surface area contributed by atoms with Gasteiger partial charge in [0.2, 0.25) is 0 Å². The lowest BCUT2D eigenvalue weighted by Crippen LogP contribution is -2.68. The van der Waals surface area contributed by atoms with Crippen molar-refractivity contribution < 1.29 is 13.9 Å². The number of carbonyl (C=O) groups is 1. The molecular formula is C13H15FN4O2. The lowest BCUT2D eigenvalue weighted by atomic mass is 9.96. The van der Waals surface area contributed by atoms with Gasteiger partial charge >= 0.3 is 6.09 Å². The quantitative estimate of drug-likeness (QED) is 0.807. The van der Waals surface area contributed by atoms with E-state index in [1.54, 1.807) is 19.1 Å². The van der Waals surface area contributed by atoms with Gasteiger partial charge in [0.15, 0.2) is 5.66 Å². The van der Waals surface area contributed by atoms with Crippen molar-refractivity contribution in [3.8, 4) is 0 Å². The minimum absolute atomic E-state index is 0.153. The number of hydrogen-bond donors (Lipinski definition) is 2. The van der Waals surface area contributed by atoms with Crippen LogP contribution in [0.5, 0.6) is 0 Å². The molecule has 0 unspecified atom stereocenters. The molecule has 0 bridgehead atoms. The fourth-order valence-corrected chi connectivity index (χ4v) is 2.53. The minimum atomic E-state index is -0.669. The molecular weight excluding hydrogens is 263 g/mol. The number of amidine groups is 1. The number of aliphatic imine (C=N–C) groups is 1. The SMILES string of the molecule is CCOC(=O)N1CC2(C1)N=C(N)c1c(F)cccc1N2. The summed E-state index contributed by atoms with van der Waals surface area (Å²) in [4.78, 5) is 17.4. The second kappa shape index (κ2) is 4.36. The predicted octanol–water partition coefficient (Wildman–Crippen LogP) is 1.12. The highest BCUT2D eigenvalue weighted by molar-refractivity contribution is 6.04. The summed E-state index contributed by atoms with van der Waals surface area (Å²) >= 11 is 0. The summed E-state index contributed by atoms with van der Waals surface area (Å²) in [5.41, 5.74) is 6.06. The zero-order valence-corrected chi connectivity index (χ0v) is 11.0. The second-order valence-corrected chi connectivity index (χ2v) is 4.87. The summed E-state index contributed by atoms with van der Waals surface area (Å²) in [5, 5.41) is 3.15. The summed E-state index contributed by atoms with van der Waals surface area (Å²) in [6.07, 6.45) is -0.376. The maximum Gasteiger partial charge on any atom is 0.410 e. The zero-order valence-electron chi connectivity index (χ0n) is 11.0. The number of likely N-dealkylation sites (tertiary alicyclic amines) is 1. The van der Waals surface area contributed by atoms with Crippen LogP contribution in [-0.4, -0.2) is 42.2 Å². The summed E-state index contributed by atoms with van der Waals surface area (Å²) < 4.78 is 18.6. The van der Waals surface area contributed by atoms with Crippen molar-refractivity contribution in [3.05, 3.63) is 29.6 Å². The van der Waals surface area contributed by atoms with Gasteiger partial charge in [0.05, 0.1) is 25.3 Å². The third-order valence-corrected chi connectivity index (χ3v) is 3.40. The predicted molar refractivity (Wildman–Crippen MR) is 72.1 cm³/mol. The number of rotatable bonds is 1. The van der Waals surface area contributed by atoms with Crippen LogP contribution in [0.15, 0.2) is 23.2 Å². The first kappa shape index (κ1) is 12.7. The molecule has 2 heterocycles. The molecule has 106 valence electrons. The van der Waals surface area contributed by atoms with Crippen LogP contribution < -0.4 is 11.1 Å². The molecule has 2 aliphatic rings. The van der Waals surface area contributed by atoms with Crippen LogP contribution >= 0.6 is 0 Å². The fraction of sp³-hybridized carbons (Fsp3) is 0.385. The highest BCUT2D eigenvalue weighted by Gasteiger charge is 2.48. The van der Waals surface area contributed by atoms with Crippen LogP contribution in [0.1, 0.15) is 12.5 Å². The molecule has 1 saturated heterocycles. The monoisotopic (exact) mass is 278 g/mol. The number of amides is 1. The van der Waals surface area contributed by atoms with E-state index in [0.29, 0.717) is 25.4 Å².